The highest BCUT2D eigenvalue weighted by molar-refractivity contribution is 9.11. The summed E-state index contributed by atoms with van der Waals surface area (Å²) in [7, 11) is 1.50. The number of rotatable bonds is 8. The van der Waals surface area contributed by atoms with Gasteiger partial charge in [0.1, 0.15) is 5.76 Å². The number of pyridine rings is 1. The average molecular weight is 531 g/mol. The highest BCUT2D eigenvalue weighted by Crippen LogP contribution is 2.49. The molecule has 0 saturated carbocycles. The summed E-state index contributed by atoms with van der Waals surface area (Å²) in [6.45, 7) is 7.51. The molecule has 2 atom stereocenters. The molecule has 1 heterocycles. The van der Waals surface area contributed by atoms with Crippen molar-refractivity contribution in [2.24, 2.45) is 11.1 Å². The number of allylic oxidation sites excluding steroid dienone is 5. The van der Waals surface area contributed by atoms with Crippen molar-refractivity contribution in [3.8, 4) is 0 Å². The molecular weight excluding hydrogens is 497 g/mol. The van der Waals surface area contributed by atoms with Gasteiger partial charge in [-0.3, -0.25) is 4.98 Å². The molecule has 8 heteroatoms. The van der Waals surface area contributed by atoms with Crippen molar-refractivity contribution in [3.05, 3.63) is 69.8 Å². The minimum absolute atomic E-state index is 0.0651. The van der Waals surface area contributed by atoms with Gasteiger partial charge in [0.15, 0.2) is 5.60 Å². The molecule has 0 bridgehead atoms. The van der Waals surface area contributed by atoms with Gasteiger partial charge in [0.25, 0.3) is 0 Å². The van der Waals surface area contributed by atoms with Crippen molar-refractivity contribution in [3.63, 3.8) is 0 Å². The lowest BCUT2D eigenvalue weighted by molar-refractivity contribution is -0.268. The summed E-state index contributed by atoms with van der Waals surface area (Å²) in [5.41, 5.74) is 3.08. The first-order valence-electron chi connectivity index (χ1n) is 10.9. The Balaban J connectivity index is 0.00000265. The molecule has 2 unspecified atom stereocenters. The van der Waals surface area contributed by atoms with Crippen molar-refractivity contribution in [1.82, 2.24) is 4.98 Å². The van der Waals surface area contributed by atoms with Gasteiger partial charge in [-0.1, -0.05) is 55.8 Å². The normalized spacial score (nSPS) is 18.4. The van der Waals surface area contributed by atoms with Crippen LogP contribution in [-0.4, -0.2) is 29.0 Å². The summed E-state index contributed by atoms with van der Waals surface area (Å²) in [5.74, 6) is 0.569. The Morgan fingerprint density at radius 1 is 1.27 bits per heavy atom. The summed E-state index contributed by atoms with van der Waals surface area (Å²) in [4.78, 5) is 3.88. The Kier molecular flexibility index (Phi) is 10.9. The highest BCUT2D eigenvalue weighted by atomic mass is 79.9. The second-order valence-electron chi connectivity index (χ2n) is 7.97. The van der Waals surface area contributed by atoms with Crippen LogP contribution in [0.25, 0.3) is 6.08 Å². The zero-order valence-corrected chi connectivity index (χ0v) is 21.4. The number of methoxy groups -OCH3 is 1. The maximum Gasteiger partial charge on any atom is 0.417 e. The van der Waals surface area contributed by atoms with Crippen LogP contribution in [0, 0.1) is 5.41 Å². The second-order valence-corrected chi connectivity index (χ2v) is 8.89. The molecule has 4 nitrogen and oxygen atoms in total. The van der Waals surface area contributed by atoms with E-state index in [1.807, 2.05) is 26.0 Å². The van der Waals surface area contributed by atoms with Crippen LogP contribution in [0.3, 0.4) is 0 Å². The summed E-state index contributed by atoms with van der Waals surface area (Å²) in [6.07, 6.45) is 4.54. The van der Waals surface area contributed by atoms with E-state index in [4.69, 9.17) is 10.5 Å². The Hall–Kier alpha value is -2.06. The van der Waals surface area contributed by atoms with E-state index in [1.54, 1.807) is 32.1 Å². The number of aliphatic hydroxyl groups is 1. The Bertz CT molecular complexity index is 895. The fourth-order valence-electron chi connectivity index (χ4n) is 3.74. The van der Waals surface area contributed by atoms with Gasteiger partial charge in [0.2, 0.25) is 0 Å². The maximum absolute atomic E-state index is 14.1. The van der Waals surface area contributed by atoms with E-state index in [-0.39, 0.29) is 5.70 Å². The van der Waals surface area contributed by atoms with Crippen LogP contribution < -0.4 is 5.73 Å². The van der Waals surface area contributed by atoms with Gasteiger partial charge in [-0.15, -0.1) is 0 Å². The highest BCUT2D eigenvalue weighted by Gasteiger charge is 2.56. The summed E-state index contributed by atoms with van der Waals surface area (Å²) >= 11 is 3.42. The van der Waals surface area contributed by atoms with E-state index >= 15 is 0 Å². The van der Waals surface area contributed by atoms with Crippen LogP contribution in [0.2, 0.25) is 0 Å². The number of nitrogens with zero attached hydrogens (tertiary/aromatic N) is 1. The Morgan fingerprint density at radius 3 is 2.39 bits per heavy atom. The van der Waals surface area contributed by atoms with E-state index in [2.05, 4.69) is 20.9 Å². The lowest BCUT2D eigenvalue weighted by atomic mass is 9.69. The zero-order valence-electron chi connectivity index (χ0n) is 19.8. The number of nitrogens with two attached hydrogens (primary N) is 1. The molecule has 1 aromatic heterocycles. The molecule has 1 aliphatic rings. The standard InChI is InChI=1S/C23H28BrF3N2O2.C2H6/c1-4-21(2,19-13-17(24)6-5-7-20(19)31-3)15-22(30,23(25,26)27)14-18(28)12-16-8-10-29-11-9-16;1-2/h5-6,8-13,30H,4,7,14-15,28H2,1-3H3;1-2H3/b18-12-;. The molecule has 0 aromatic carbocycles. The number of hydrogen-bond donors (Lipinski definition) is 2. The molecule has 184 valence electrons. The first kappa shape index (κ1) is 29.0. The fraction of sp³-hybridized carbons (Fsp3) is 0.480. The van der Waals surface area contributed by atoms with Crippen LogP contribution in [0.1, 0.15) is 58.9 Å². The molecule has 0 saturated heterocycles. The largest absolute Gasteiger partial charge is 0.500 e. The van der Waals surface area contributed by atoms with Gasteiger partial charge in [-0.25, -0.2) is 0 Å². The van der Waals surface area contributed by atoms with Crippen molar-refractivity contribution in [1.29, 1.82) is 0 Å². The Morgan fingerprint density at radius 2 is 1.88 bits per heavy atom. The molecule has 1 aliphatic carbocycles. The molecule has 2 rings (SSSR count). The van der Waals surface area contributed by atoms with Gasteiger partial charge < -0.3 is 15.6 Å². The smallest absolute Gasteiger partial charge is 0.417 e. The number of hydrogen-bond acceptors (Lipinski definition) is 4. The van der Waals surface area contributed by atoms with Crippen molar-refractivity contribution in [2.75, 3.05) is 7.11 Å². The number of halogens is 4. The monoisotopic (exact) mass is 530 g/mol. The quantitative estimate of drug-likeness (QED) is 0.378. The third kappa shape index (κ3) is 7.74. The van der Waals surface area contributed by atoms with Crippen molar-refractivity contribution in [2.45, 2.75) is 65.2 Å². The van der Waals surface area contributed by atoms with E-state index in [9.17, 15) is 18.3 Å². The third-order valence-corrected chi connectivity index (χ3v) is 6.10. The summed E-state index contributed by atoms with van der Waals surface area (Å²) in [5, 5.41) is 10.9. The van der Waals surface area contributed by atoms with Gasteiger partial charge in [-0.05, 0) is 53.7 Å². The molecular formula is C25H34BrF3N2O2. The molecule has 0 fully saturated rings. The molecule has 1 aromatic rings. The predicted octanol–water partition coefficient (Wildman–Crippen LogP) is 7.04. The maximum atomic E-state index is 14.1. The summed E-state index contributed by atoms with van der Waals surface area (Å²) < 4.78 is 48.7. The van der Waals surface area contributed by atoms with Crippen LogP contribution in [0.15, 0.2) is 64.3 Å². The van der Waals surface area contributed by atoms with E-state index in [0.717, 1.165) is 4.48 Å². The lowest BCUT2D eigenvalue weighted by Gasteiger charge is -2.40. The number of ether oxygens (including phenoxy) is 1. The van der Waals surface area contributed by atoms with Crippen LogP contribution in [0.4, 0.5) is 13.2 Å². The first-order chi connectivity index (χ1) is 15.4. The predicted molar refractivity (Wildman–Crippen MR) is 131 cm³/mol. The third-order valence-electron chi connectivity index (χ3n) is 5.60. The van der Waals surface area contributed by atoms with Gasteiger partial charge in [0, 0.05) is 35.4 Å². The van der Waals surface area contributed by atoms with Crippen LogP contribution in [-0.2, 0) is 4.74 Å². The van der Waals surface area contributed by atoms with E-state index < -0.39 is 30.0 Å². The number of alkyl halides is 3. The van der Waals surface area contributed by atoms with Gasteiger partial charge in [0.05, 0.1) is 7.11 Å². The van der Waals surface area contributed by atoms with Gasteiger partial charge >= 0.3 is 6.18 Å². The minimum Gasteiger partial charge on any atom is -0.500 e. The van der Waals surface area contributed by atoms with E-state index in [1.165, 1.54) is 25.6 Å². The molecule has 0 aliphatic heterocycles. The van der Waals surface area contributed by atoms with Crippen LogP contribution >= 0.6 is 15.9 Å². The molecule has 0 radical (unpaired) electrons. The molecule has 3 N–H and O–H groups in total. The minimum atomic E-state index is -4.88. The Labute approximate surface area is 203 Å². The lowest BCUT2D eigenvalue weighted by Crippen LogP contribution is -2.49. The first-order valence-corrected chi connectivity index (χ1v) is 11.7. The van der Waals surface area contributed by atoms with Crippen molar-refractivity contribution < 1.29 is 23.0 Å². The molecule has 0 spiro atoms. The number of aromatic nitrogens is 1. The summed E-state index contributed by atoms with van der Waals surface area (Å²) in [6, 6.07) is 3.26. The molecule has 33 heavy (non-hydrogen) atoms. The van der Waals surface area contributed by atoms with E-state index in [0.29, 0.717) is 29.7 Å². The second kappa shape index (κ2) is 12.4. The van der Waals surface area contributed by atoms with Crippen molar-refractivity contribution >= 4 is 22.0 Å². The SMILES string of the molecule is CC.CCC(C)(CC(O)(C/C(N)=C/c1ccncc1)C(F)(F)F)C1=C(OC)CC=CC(Br)=C1. The fourth-order valence-corrected chi connectivity index (χ4v) is 4.16. The zero-order chi connectivity index (χ0) is 25.3. The van der Waals surface area contributed by atoms with Gasteiger partial charge in [-0.2, -0.15) is 13.2 Å². The average Bonchev–Trinajstić information content (AvgIpc) is 2.96. The topological polar surface area (TPSA) is 68.4 Å². The van der Waals surface area contributed by atoms with Crippen LogP contribution in [0.5, 0.6) is 0 Å². The molecule has 0 amide bonds.